The van der Waals surface area contributed by atoms with Crippen molar-refractivity contribution in [3.63, 3.8) is 0 Å². The first-order chi connectivity index (χ1) is 19.6. The Labute approximate surface area is 234 Å². The lowest BCUT2D eigenvalue weighted by Crippen LogP contribution is -2.50. The largest absolute Gasteiger partial charge is 0.465 e. The number of ether oxygens (including phenoxy) is 1. The van der Waals surface area contributed by atoms with E-state index in [0.717, 1.165) is 23.9 Å². The number of carbonyl (C=O) groups is 1. The summed E-state index contributed by atoms with van der Waals surface area (Å²) in [6, 6.07) is 5.87. The van der Waals surface area contributed by atoms with Gasteiger partial charge in [-0.2, -0.15) is 0 Å². The van der Waals surface area contributed by atoms with Gasteiger partial charge in [0.1, 0.15) is 28.8 Å². The van der Waals surface area contributed by atoms with E-state index in [0.29, 0.717) is 30.9 Å². The minimum atomic E-state index is -1.92. The van der Waals surface area contributed by atoms with Crippen molar-refractivity contribution in [1.29, 1.82) is 0 Å². The number of carboxylic acid groups (broad SMARTS) is 1. The molecule has 0 unspecified atom stereocenters. The second-order valence-electron chi connectivity index (χ2n) is 10.7. The zero-order chi connectivity index (χ0) is 29.1. The van der Waals surface area contributed by atoms with Crippen LogP contribution in [-0.4, -0.2) is 53.5 Å². The first-order valence-corrected chi connectivity index (χ1v) is 13.5. The number of amides is 1. The number of hydrogen-bond donors (Lipinski definition) is 3. The molecule has 2 fully saturated rings. The van der Waals surface area contributed by atoms with Crippen LogP contribution in [0.15, 0.2) is 42.7 Å². The highest BCUT2D eigenvalue weighted by Gasteiger charge is 2.36. The molecule has 5 rings (SSSR count). The van der Waals surface area contributed by atoms with Crippen LogP contribution in [0.5, 0.6) is 0 Å². The molecule has 218 valence electrons. The van der Waals surface area contributed by atoms with Crippen LogP contribution in [0.4, 0.5) is 33.7 Å². The first-order valence-electron chi connectivity index (χ1n) is 13.5. The van der Waals surface area contributed by atoms with Crippen LogP contribution in [0, 0.1) is 23.4 Å². The fraction of sp³-hybridized carbons (Fsp3) is 0.414. The van der Waals surface area contributed by atoms with Crippen LogP contribution < -0.4 is 15.5 Å². The van der Waals surface area contributed by atoms with Gasteiger partial charge in [0.15, 0.2) is 0 Å². The molecule has 1 aromatic carbocycles. The van der Waals surface area contributed by atoms with E-state index in [1.807, 2.05) is 13.0 Å². The van der Waals surface area contributed by atoms with Gasteiger partial charge >= 0.3 is 6.09 Å². The van der Waals surface area contributed by atoms with Gasteiger partial charge in [-0.1, -0.05) is 6.92 Å². The number of nitrogens with zero attached hydrogens (tertiary/aromatic N) is 3. The van der Waals surface area contributed by atoms with Gasteiger partial charge in [0.25, 0.3) is 0 Å². The summed E-state index contributed by atoms with van der Waals surface area (Å²) in [6.07, 6.45) is 2.83. The Bertz CT molecular complexity index is 1400. The maximum Gasteiger partial charge on any atom is 0.404 e. The maximum absolute atomic E-state index is 15.3. The van der Waals surface area contributed by atoms with Crippen LogP contribution in [0.3, 0.4) is 0 Å². The predicted octanol–water partition coefficient (Wildman–Crippen LogP) is 5.63. The number of benzene rings is 1. The molecule has 0 spiro atoms. The highest BCUT2D eigenvalue weighted by atomic mass is 19.1. The van der Waals surface area contributed by atoms with Crippen LogP contribution >= 0.6 is 0 Å². The molecular weight excluding hydrogens is 542 g/mol. The number of nitrogens with one attached hydrogen (secondary N) is 2. The molecule has 2 aliphatic heterocycles. The standard InChI is InChI=1S/C29H31F4N5O3/c1-17-10-20(37-28(39)40)16-38(15-17)25-4-7-34-14-24(25)35-13-19-2-3-21(30)27(36-19)26-22(31)11-18(12-23(26)32)29(33)5-8-41-9-6-29/h2-4,7,11-12,14,17,20,35,37H,5-6,8-10,13,15-16H2,1H3,(H,39,40)/t17-,20+/m1/s1. The van der Waals surface area contributed by atoms with Crippen molar-refractivity contribution in [3.05, 3.63) is 71.4 Å². The Morgan fingerprint density at radius 3 is 2.56 bits per heavy atom. The van der Waals surface area contributed by atoms with Crippen molar-refractivity contribution in [1.82, 2.24) is 15.3 Å². The minimum absolute atomic E-state index is 0.0254. The first kappa shape index (κ1) is 28.6. The van der Waals surface area contributed by atoms with Crippen molar-refractivity contribution in [2.75, 3.05) is 36.5 Å². The van der Waals surface area contributed by atoms with Crippen LogP contribution in [0.1, 0.15) is 37.4 Å². The average Bonchev–Trinajstić information content (AvgIpc) is 2.93. The molecule has 2 aliphatic rings. The highest BCUT2D eigenvalue weighted by Crippen LogP contribution is 2.39. The molecule has 0 aliphatic carbocycles. The van der Waals surface area contributed by atoms with E-state index < -0.39 is 40.5 Å². The fourth-order valence-corrected chi connectivity index (χ4v) is 5.61. The summed E-state index contributed by atoms with van der Waals surface area (Å²) in [4.78, 5) is 21.6. The molecule has 0 saturated carbocycles. The number of piperidine rings is 1. The van der Waals surface area contributed by atoms with E-state index in [-0.39, 0.29) is 50.1 Å². The van der Waals surface area contributed by atoms with Gasteiger partial charge in [-0.3, -0.25) is 4.98 Å². The quantitative estimate of drug-likeness (QED) is 0.315. The van der Waals surface area contributed by atoms with Gasteiger partial charge in [-0.15, -0.1) is 0 Å². The molecule has 2 atom stereocenters. The van der Waals surface area contributed by atoms with Crippen molar-refractivity contribution in [2.45, 2.75) is 44.4 Å². The zero-order valence-electron chi connectivity index (χ0n) is 22.5. The van der Waals surface area contributed by atoms with E-state index >= 15 is 13.2 Å². The van der Waals surface area contributed by atoms with Gasteiger partial charge in [0, 0.05) is 51.4 Å². The third kappa shape index (κ3) is 6.37. The van der Waals surface area contributed by atoms with Crippen LogP contribution in [-0.2, 0) is 17.0 Å². The normalized spacial score (nSPS) is 20.5. The summed E-state index contributed by atoms with van der Waals surface area (Å²) < 4.78 is 65.6. The smallest absolute Gasteiger partial charge is 0.404 e. The Morgan fingerprint density at radius 2 is 1.85 bits per heavy atom. The number of halogens is 4. The molecule has 3 N–H and O–H groups in total. The molecular formula is C29H31F4N5O3. The Morgan fingerprint density at radius 1 is 1.12 bits per heavy atom. The van der Waals surface area contributed by atoms with Gasteiger partial charge in [0.2, 0.25) is 0 Å². The summed E-state index contributed by atoms with van der Waals surface area (Å²) in [5.41, 5.74) is -1.50. The predicted molar refractivity (Wildman–Crippen MR) is 145 cm³/mol. The van der Waals surface area contributed by atoms with E-state index in [4.69, 9.17) is 9.84 Å². The number of anilines is 2. The lowest BCUT2D eigenvalue weighted by Gasteiger charge is -2.38. The van der Waals surface area contributed by atoms with E-state index in [1.165, 1.54) is 6.07 Å². The molecule has 41 heavy (non-hydrogen) atoms. The molecule has 4 heterocycles. The number of hydrogen-bond acceptors (Lipinski definition) is 6. The van der Waals surface area contributed by atoms with Crippen molar-refractivity contribution >= 4 is 17.5 Å². The zero-order valence-corrected chi connectivity index (χ0v) is 22.5. The second kappa shape index (κ2) is 11.9. The third-order valence-electron chi connectivity index (χ3n) is 7.57. The van der Waals surface area contributed by atoms with Crippen LogP contribution in [0.2, 0.25) is 0 Å². The topological polar surface area (TPSA) is 99.6 Å². The van der Waals surface area contributed by atoms with Gasteiger partial charge in [0.05, 0.1) is 35.4 Å². The number of alkyl halides is 1. The number of rotatable bonds is 7. The van der Waals surface area contributed by atoms with Crippen molar-refractivity contribution in [3.8, 4) is 11.3 Å². The van der Waals surface area contributed by atoms with E-state index in [2.05, 4.69) is 25.5 Å². The molecule has 1 amide bonds. The Balaban J connectivity index is 1.37. The SMILES string of the molecule is C[C@@H]1C[C@H](NC(=O)O)CN(c2ccncc2NCc2ccc(F)c(-c3c(F)cc(C4(F)CCOCC4)cc3F)n2)C1. The van der Waals surface area contributed by atoms with Crippen LogP contribution in [0.25, 0.3) is 11.3 Å². The highest BCUT2D eigenvalue weighted by molar-refractivity contribution is 5.70. The lowest BCUT2D eigenvalue weighted by molar-refractivity contribution is -0.0117. The monoisotopic (exact) mass is 573 g/mol. The molecule has 0 bridgehead atoms. The minimum Gasteiger partial charge on any atom is -0.465 e. The fourth-order valence-electron chi connectivity index (χ4n) is 5.61. The van der Waals surface area contributed by atoms with Gasteiger partial charge in [-0.25, -0.2) is 27.3 Å². The van der Waals surface area contributed by atoms with Gasteiger partial charge in [-0.05, 0) is 48.2 Å². The molecule has 0 radical (unpaired) electrons. The third-order valence-corrected chi connectivity index (χ3v) is 7.57. The average molecular weight is 574 g/mol. The van der Waals surface area contributed by atoms with Gasteiger partial charge < -0.3 is 25.4 Å². The van der Waals surface area contributed by atoms with E-state index in [1.54, 1.807) is 12.4 Å². The summed E-state index contributed by atoms with van der Waals surface area (Å²) in [6.45, 7) is 3.58. The molecule has 8 nitrogen and oxygen atoms in total. The summed E-state index contributed by atoms with van der Waals surface area (Å²) >= 11 is 0. The van der Waals surface area contributed by atoms with Crippen molar-refractivity contribution < 1.29 is 32.2 Å². The Hall–Kier alpha value is -3.93. The summed E-state index contributed by atoms with van der Waals surface area (Å²) in [7, 11) is 0. The maximum atomic E-state index is 15.3. The summed E-state index contributed by atoms with van der Waals surface area (Å²) in [5.74, 6) is -2.88. The molecule has 3 aromatic rings. The molecule has 12 heteroatoms. The Kier molecular flexibility index (Phi) is 8.30. The lowest BCUT2D eigenvalue weighted by atomic mass is 9.87. The number of pyridine rings is 2. The number of aromatic nitrogens is 2. The van der Waals surface area contributed by atoms with E-state index in [9.17, 15) is 9.18 Å². The van der Waals surface area contributed by atoms with Crippen molar-refractivity contribution in [2.24, 2.45) is 5.92 Å². The molecule has 2 aromatic heterocycles. The second-order valence-corrected chi connectivity index (χ2v) is 10.7. The molecule has 2 saturated heterocycles. The summed E-state index contributed by atoms with van der Waals surface area (Å²) in [5, 5.41) is 14.9.